The van der Waals surface area contributed by atoms with Crippen LogP contribution in [0.15, 0.2) is 0 Å². The van der Waals surface area contributed by atoms with Crippen LogP contribution in [0, 0.1) is 33.3 Å². The van der Waals surface area contributed by atoms with Gasteiger partial charge in [0.05, 0.1) is 0 Å². The third kappa shape index (κ3) is 2240. The van der Waals surface area contributed by atoms with E-state index in [0.717, 1.165) is 0 Å². The molecule has 0 bridgehead atoms. The van der Waals surface area contributed by atoms with Crippen LogP contribution in [0.2, 0.25) is 44.5 Å². The first kappa shape index (κ1) is 63.3. The van der Waals surface area contributed by atoms with Crippen LogP contribution >= 0.6 is 0 Å². The number of hydrogen-bond donors (Lipinski definition) is 0. The smallest absolute Gasteiger partial charge is 0 e. The van der Waals surface area contributed by atoms with Gasteiger partial charge in [-0.05, 0) is 0 Å². The summed E-state index contributed by atoms with van der Waals surface area (Å²) in [7, 11) is 0. The Morgan fingerprint density at radius 1 is 0.375 bits per heavy atom. The van der Waals surface area contributed by atoms with E-state index in [1.165, 1.54) is 0 Å². The largest absolute Gasteiger partial charge is 0 e. The van der Waals surface area contributed by atoms with Crippen LogP contribution in [0.5, 0.6) is 0 Å². The molecule has 0 aromatic rings. The van der Waals surface area contributed by atoms with Gasteiger partial charge in [-0.15, -0.1) is 0 Å². The van der Waals surface area contributed by atoms with Crippen molar-refractivity contribution in [3.8, 4) is 0 Å². The van der Waals surface area contributed by atoms with Gasteiger partial charge in [0.15, 0.2) is 0 Å². The van der Waals surface area contributed by atoms with Crippen molar-refractivity contribution in [3.05, 3.63) is 33.3 Å². The van der Waals surface area contributed by atoms with Crippen molar-refractivity contribution < 1.29 is 40.6 Å². The van der Waals surface area contributed by atoms with Gasteiger partial charge in [0.2, 0.25) is 0 Å². The van der Waals surface area contributed by atoms with Gasteiger partial charge >= 0.3 is 160 Å². The maximum atomic E-state index is 7.50. The van der Waals surface area contributed by atoms with Gasteiger partial charge in [-0.25, -0.2) is 0 Å². The Hall–Kier alpha value is 2.45. The van der Waals surface area contributed by atoms with Crippen molar-refractivity contribution in [1.82, 2.24) is 0 Å². The molecule has 10 heteroatoms. The van der Waals surface area contributed by atoms with Crippen LogP contribution in [0.3, 0.4) is 0 Å². The second kappa shape index (κ2) is 116. The zero-order valence-corrected chi connectivity index (χ0v) is 28.3. The molecule has 0 atom stereocenters. The molecular formula is C14H27CrO5SbSn3. The summed E-state index contributed by atoms with van der Waals surface area (Å²) in [5.41, 5.74) is 0. The Bertz CT molecular complexity index is 173. The second-order valence-electron chi connectivity index (χ2n) is 4.50. The Morgan fingerprint density at radius 2 is 0.375 bits per heavy atom. The fraction of sp³-hybridized carbons (Fsp3) is 0.643. The molecule has 24 heavy (non-hydrogen) atoms. The SMILES string of the molecule is [C-]#[O+].[C-]#[O+].[C-]#[O+].[C-]#[O+].[C-]#[O+].[CH3][Sn]([CH3])[CH3].[CH3][Sn]([CH3])[CH3].[CH3][Sn]([CH3])[CH3].[Cr].[Sb]. The molecule has 0 fully saturated rings. The maximum absolute atomic E-state index is 7.50. The molecule has 0 saturated heterocycles. The van der Waals surface area contributed by atoms with Gasteiger partial charge in [0.25, 0.3) is 0 Å². The van der Waals surface area contributed by atoms with Crippen LogP contribution in [0.1, 0.15) is 0 Å². The molecule has 0 aromatic carbocycles. The summed E-state index contributed by atoms with van der Waals surface area (Å²) in [4.78, 5) is 21.3. The van der Waals surface area contributed by atoms with Crippen molar-refractivity contribution in [2.45, 2.75) is 44.5 Å². The molecule has 0 amide bonds. The van der Waals surface area contributed by atoms with E-state index in [9.17, 15) is 0 Å². The molecule has 6 radical (unpaired) electrons. The standard InChI is InChI=1S/5CO.9CH3.Cr.Sb.3Sn/c5*1-2;;;;;;;;;;;;;;/h;;;;;9*1H3;;;;;. The summed E-state index contributed by atoms with van der Waals surface area (Å²) < 4.78 is 37.5. The summed E-state index contributed by atoms with van der Waals surface area (Å²) in [5, 5.41) is 0. The van der Waals surface area contributed by atoms with E-state index in [2.05, 4.69) is 77.7 Å². The van der Waals surface area contributed by atoms with E-state index in [4.69, 9.17) is 23.3 Å². The third-order valence-corrected chi connectivity index (χ3v) is 0. The zero-order valence-electron chi connectivity index (χ0n) is 15.9. The quantitative estimate of drug-likeness (QED) is 0.204. The zero-order chi connectivity index (χ0) is 20.7. The molecule has 136 valence electrons. The Labute approximate surface area is 199 Å². The molecule has 0 N–H and O–H groups in total. The number of hydrogen-bond acceptors (Lipinski definition) is 0. The normalized spacial score (nSPS) is 4.92. The van der Waals surface area contributed by atoms with Crippen molar-refractivity contribution in [3.63, 3.8) is 0 Å². The molecule has 0 aromatic heterocycles. The molecule has 0 aliphatic heterocycles. The van der Waals surface area contributed by atoms with Crippen molar-refractivity contribution >= 4 is 83.7 Å². The first-order chi connectivity index (χ1) is 10.2. The molecule has 0 unspecified atom stereocenters. The maximum Gasteiger partial charge on any atom is 0 e. The average molecular weight is 805 g/mol. The van der Waals surface area contributed by atoms with E-state index in [1.54, 1.807) is 0 Å². The fourth-order valence-electron chi connectivity index (χ4n) is 0. The molecule has 0 saturated carbocycles. The monoisotopic (exact) mass is 808 g/mol. The predicted molar refractivity (Wildman–Crippen MR) is 95.4 cm³/mol. The van der Waals surface area contributed by atoms with E-state index >= 15 is 0 Å². The first-order valence-corrected chi connectivity index (χ1v) is 31.2. The molecule has 5 nitrogen and oxygen atoms in total. The van der Waals surface area contributed by atoms with E-state index in [1.807, 2.05) is 0 Å². The summed E-state index contributed by atoms with van der Waals surface area (Å²) in [6.45, 7) is 22.5. The Morgan fingerprint density at radius 3 is 0.375 bits per heavy atom. The molecular weight excluding hydrogens is 778 g/mol. The van der Waals surface area contributed by atoms with Crippen LogP contribution in [-0.4, -0.2) is 83.7 Å². The van der Waals surface area contributed by atoms with Gasteiger partial charge in [-0.1, -0.05) is 0 Å². The fourth-order valence-corrected chi connectivity index (χ4v) is 0. The van der Waals surface area contributed by atoms with Gasteiger partial charge in [-0.3, -0.25) is 0 Å². The van der Waals surface area contributed by atoms with E-state index in [-0.39, 0.29) is 41.8 Å². The molecule has 0 aliphatic rings. The van der Waals surface area contributed by atoms with Gasteiger partial charge in [-0.2, -0.15) is 0 Å². The van der Waals surface area contributed by atoms with Crippen molar-refractivity contribution in [2.24, 2.45) is 0 Å². The Balaban J connectivity index is -0.0000000119. The Kier molecular flexibility index (Phi) is 306. The molecule has 0 rings (SSSR count). The van der Waals surface area contributed by atoms with Gasteiger partial charge < -0.3 is 0 Å². The topological polar surface area (TPSA) is 99.5 Å². The van der Waals surface area contributed by atoms with E-state index in [0.29, 0.717) is 0 Å². The minimum absolute atomic E-state index is 0. The molecule has 0 heterocycles. The van der Waals surface area contributed by atoms with Crippen molar-refractivity contribution in [1.29, 1.82) is 0 Å². The van der Waals surface area contributed by atoms with Gasteiger partial charge in [0, 0.05) is 41.8 Å². The van der Waals surface area contributed by atoms with Crippen LogP contribution in [0.25, 0.3) is 0 Å². The van der Waals surface area contributed by atoms with Crippen molar-refractivity contribution in [2.75, 3.05) is 0 Å². The minimum Gasteiger partial charge on any atom is 0 e. The number of rotatable bonds is 0. The first-order valence-electron chi connectivity index (χ1n) is 5.52. The van der Waals surface area contributed by atoms with Crippen LogP contribution in [-0.2, 0) is 40.6 Å². The van der Waals surface area contributed by atoms with E-state index < -0.39 is 59.3 Å². The summed E-state index contributed by atoms with van der Waals surface area (Å²) in [6, 6.07) is 0. The predicted octanol–water partition coefficient (Wildman–Crippen LogP) is 3.54. The third-order valence-electron chi connectivity index (χ3n) is 0. The second-order valence-corrected chi connectivity index (χ2v) is 30.2. The average Bonchev–Trinajstić information content (AvgIpc) is 2.47. The van der Waals surface area contributed by atoms with Crippen LogP contribution < -0.4 is 0 Å². The minimum atomic E-state index is -0.543. The summed E-state index contributed by atoms with van der Waals surface area (Å²) >= 11 is -1.63. The van der Waals surface area contributed by atoms with Crippen LogP contribution in [0.4, 0.5) is 0 Å². The van der Waals surface area contributed by atoms with Gasteiger partial charge in [0.1, 0.15) is 0 Å². The summed E-state index contributed by atoms with van der Waals surface area (Å²) in [6.07, 6.45) is 0. The summed E-state index contributed by atoms with van der Waals surface area (Å²) in [5.74, 6) is 0. The molecule has 0 aliphatic carbocycles. The molecule has 0 spiro atoms.